The Morgan fingerprint density at radius 3 is 2.80 bits per heavy atom. The topological polar surface area (TPSA) is 56.1 Å². The van der Waals surface area contributed by atoms with Crippen LogP contribution < -0.4 is 9.64 Å². The van der Waals surface area contributed by atoms with E-state index in [-0.39, 0.29) is 0 Å². The molecule has 7 heteroatoms. The van der Waals surface area contributed by atoms with Crippen molar-refractivity contribution in [3.05, 3.63) is 30.6 Å². The number of nitrogens with zero attached hydrogens (tertiary/aromatic N) is 5. The molecule has 4 rings (SSSR count). The molecule has 0 amide bonds. The second-order valence-corrected chi connectivity index (χ2v) is 5.72. The van der Waals surface area contributed by atoms with Crippen LogP contribution in [0.1, 0.15) is 6.04 Å². The lowest BCUT2D eigenvalue weighted by Crippen LogP contribution is -2.48. The first-order valence-electron chi connectivity index (χ1n) is 6.39. The van der Waals surface area contributed by atoms with E-state index in [1.54, 1.807) is 35.6 Å². The SMILES string of the molecule is COc1cccc2sc(N3CC(n4nccn4)C3)nc12. The second-order valence-electron chi connectivity index (χ2n) is 4.71. The van der Waals surface area contributed by atoms with E-state index < -0.39 is 0 Å². The van der Waals surface area contributed by atoms with E-state index in [2.05, 4.69) is 21.2 Å². The third kappa shape index (κ3) is 1.74. The van der Waals surface area contributed by atoms with Gasteiger partial charge in [0, 0.05) is 13.1 Å². The number of benzene rings is 1. The molecule has 2 aromatic heterocycles. The van der Waals surface area contributed by atoms with Crippen LogP contribution in [0.3, 0.4) is 0 Å². The van der Waals surface area contributed by atoms with Gasteiger partial charge in [0.25, 0.3) is 0 Å². The van der Waals surface area contributed by atoms with Crippen molar-refractivity contribution in [1.82, 2.24) is 20.0 Å². The highest BCUT2D eigenvalue weighted by Gasteiger charge is 2.31. The molecule has 0 aliphatic carbocycles. The Bertz CT molecular complexity index is 732. The van der Waals surface area contributed by atoms with Crippen LogP contribution in [0.15, 0.2) is 30.6 Å². The van der Waals surface area contributed by atoms with Gasteiger partial charge in [-0.15, -0.1) is 0 Å². The normalized spacial score (nSPS) is 15.6. The average Bonchev–Trinajstić information content (AvgIpc) is 3.05. The highest BCUT2D eigenvalue weighted by atomic mass is 32.1. The van der Waals surface area contributed by atoms with Crippen LogP contribution in [0, 0.1) is 0 Å². The van der Waals surface area contributed by atoms with Crippen LogP contribution >= 0.6 is 11.3 Å². The van der Waals surface area contributed by atoms with E-state index in [1.807, 2.05) is 12.1 Å². The Morgan fingerprint density at radius 2 is 2.05 bits per heavy atom. The molecule has 1 fully saturated rings. The fourth-order valence-corrected chi connectivity index (χ4v) is 3.39. The minimum absolute atomic E-state index is 0.346. The summed E-state index contributed by atoms with van der Waals surface area (Å²) in [6, 6.07) is 6.36. The van der Waals surface area contributed by atoms with Crippen molar-refractivity contribution >= 4 is 26.7 Å². The smallest absolute Gasteiger partial charge is 0.186 e. The first-order valence-corrected chi connectivity index (χ1v) is 7.21. The quantitative estimate of drug-likeness (QED) is 0.737. The summed E-state index contributed by atoms with van der Waals surface area (Å²) < 4.78 is 6.51. The molecule has 0 N–H and O–H groups in total. The van der Waals surface area contributed by atoms with Crippen LogP contribution in [0.4, 0.5) is 5.13 Å². The zero-order chi connectivity index (χ0) is 13.5. The second kappa shape index (κ2) is 4.45. The van der Waals surface area contributed by atoms with Gasteiger partial charge in [0.1, 0.15) is 17.3 Å². The van der Waals surface area contributed by atoms with E-state index in [1.165, 1.54) is 0 Å². The summed E-state index contributed by atoms with van der Waals surface area (Å²) in [5.41, 5.74) is 0.940. The van der Waals surface area contributed by atoms with Gasteiger partial charge >= 0.3 is 0 Å². The molecular formula is C13H13N5OS. The monoisotopic (exact) mass is 287 g/mol. The van der Waals surface area contributed by atoms with Crippen molar-refractivity contribution in [2.24, 2.45) is 0 Å². The molecule has 102 valence electrons. The van der Waals surface area contributed by atoms with Crippen LogP contribution in [-0.2, 0) is 0 Å². The first kappa shape index (κ1) is 11.7. The van der Waals surface area contributed by atoms with Gasteiger partial charge < -0.3 is 9.64 Å². The lowest BCUT2D eigenvalue weighted by molar-refractivity contribution is 0.332. The predicted molar refractivity (Wildman–Crippen MR) is 77.4 cm³/mol. The van der Waals surface area contributed by atoms with Crippen LogP contribution in [0.25, 0.3) is 10.2 Å². The van der Waals surface area contributed by atoms with E-state index in [0.29, 0.717) is 6.04 Å². The number of para-hydroxylation sites is 1. The standard InChI is InChI=1S/C13H13N5OS/c1-19-10-3-2-4-11-12(10)16-13(20-11)17-7-9(8-17)18-14-5-6-15-18/h2-6,9H,7-8H2,1H3. The van der Waals surface area contributed by atoms with Gasteiger partial charge in [-0.25, -0.2) is 4.98 Å². The Balaban J connectivity index is 1.58. The Labute approximate surface area is 119 Å². The van der Waals surface area contributed by atoms with Gasteiger partial charge in [0.15, 0.2) is 5.13 Å². The fraction of sp³-hybridized carbons (Fsp3) is 0.308. The van der Waals surface area contributed by atoms with Crippen molar-refractivity contribution < 1.29 is 4.74 Å². The van der Waals surface area contributed by atoms with Gasteiger partial charge in [-0.3, -0.25) is 0 Å². The molecule has 1 aliphatic heterocycles. The molecule has 6 nitrogen and oxygen atoms in total. The number of hydrogen-bond acceptors (Lipinski definition) is 6. The molecule has 0 bridgehead atoms. The van der Waals surface area contributed by atoms with Crippen LogP contribution in [0.5, 0.6) is 5.75 Å². The van der Waals surface area contributed by atoms with Crippen molar-refractivity contribution in [3.8, 4) is 5.75 Å². The van der Waals surface area contributed by atoms with Crippen molar-refractivity contribution in [1.29, 1.82) is 0 Å². The number of aromatic nitrogens is 4. The van der Waals surface area contributed by atoms with Crippen molar-refractivity contribution in [3.63, 3.8) is 0 Å². The highest BCUT2D eigenvalue weighted by Crippen LogP contribution is 2.37. The summed E-state index contributed by atoms with van der Waals surface area (Å²) in [7, 11) is 1.68. The Hall–Kier alpha value is -2.15. The van der Waals surface area contributed by atoms with Gasteiger partial charge in [-0.2, -0.15) is 15.0 Å². The minimum atomic E-state index is 0.346. The summed E-state index contributed by atoms with van der Waals surface area (Å²) in [5.74, 6) is 0.829. The van der Waals surface area contributed by atoms with Crippen molar-refractivity contribution in [2.45, 2.75) is 6.04 Å². The number of anilines is 1. The number of methoxy groups -OCH3 is 1. The molecule has 3 heterocycles. The number of fused-ring (bicyclic) bond motifs is 1. The molecule has 0 atom stereocenters. The maximum absolute atomic E-state index is 5.35. The summed E-state index contributed by atoms with van der Waals surface area (Å²) in [6.07, 6.45) is 3.43. The molecule has 20 heavy (non-hydrogen) atoms. The molecule has 0 saturated carbocycles. The number of rotatable bonds is 3. The van der Waals surface area contributed by atoms with E-state index in [9.17, 15) is 0 Å². The average molecular weight is 287 g/mol. The summed E-state index contributed by atoms with van der Waals surface area (Å²) in [4.78, 5) is 8.71. The summed E-state index contributed by atoms with van der Waals surface area (Å²) in [5, 5.41) is 9.39. The summed E-state index contributed by atoms with van der Waals surface area (Å²) >= 11 is 1.69. The van der Waals surface area contributed by atoms with E-state index in [0.717, 1.165) is 34.2 Å². The predicted octanol–water partition coefficient (Wildman–Crippen LogP) is 1.96. The molecule has 1 aromatic carbocycles. The highest BCUT2D eigenvalue weighted by molar-refractivity contribution is 7.22. The molecule has 1 aliphatic rings. The number of thiazole rings is 1. The van der Waals surface area contributed by atoms with Crippen LogP contribution in [-0.4, -0.2) is 40.2 Å². The lowest BCUT2D eigenvalue weighted by Gasteiger charge is -2.37. The third-order valence-electron chi connectivity index (χ3n) is 3.49. The molecule has 0 unspecified atom stereocenters. The summed E-state index contributed by atoms with van der Waals surface area (Å²) in [6.45, 7) is 1.80. The van der Waals surface area contributed by atoms with Gasteiger partial charge in [-0.1, -0.05) is 17.4 Å². The number of hydrogen-bond donors (Lipinski definition) is 0. The molecule has 1 saturated heterocycles. The van der Waals surface area contributed by atoms with Gasteiger partial charge in [0.2, 0.25) is 0 Å². The Morgan fingerprint density at radius 1 is 1.25 bits per heavy atom. The number of ether oxygens (including phenoxy) is 1. The molecular weight excluding hydrogens is 274 g/mol. The largest absolute Gasteiger partial charge is 0.494 e. The zero-order valence-corrected chi connectivity index (χ0v) is 11.7. The minimum Gasteiger partial charge on any atom is -0.494 e. The zero-order valence-electron chi connectivity index (χ0n) is 10.9. The lowest BCUT2D eigenvalue weighted by atomic mass is 10.1. The Kier molecular flexibility index (Phi) is 2.59. The first-order chi connectivity index (χ1) is 9.85. The van der Waals surface area contributed by atoms with Crippen molar-refractivity contribution in [2.75, 3.05) is 25.1 Å². The molecule has 0 spiro atoms. The maximum atomic E-state index is 5.35. The van der Waals surface area contributed by atoms with E-state index in [4.69, 9.17) is 9.72 Å². The third-order valence-corrected chi connectivity index (χ3v) is 4.57. The molecule has 3 aromatic rings. The maximum Gasteiger partial charge on any atom is 0.186 e. The molecule has 0 radical (unpaired) electrons. The fourth-order valence-electron chi connectivity index (χ4n) is 2.38. The van der Waals surface area contributed by atoms with Gasteiger partial charge in [0.05, 0.1) is 24.2 Å². The van der Waals surface area contributed by atoms with Crippen LogP contribution in [0.2, 0.25) is 0 Å². The van der Waals surface area contributed by atoms with E-state index >= 15 is 0 Å². The van der Waals surface area contributed by atoms with Gasteiger partial charge in [-0.05, 0) is 12.1 Å².